The summed E-state index contributed by atoms with van der Waals surface area (Å²) in [6.07, 6.45) is 6.03. The quantitative estimate of drug-likeness (QED) is 0.667. The van der Waals surface area contributed by atoms with Crippen LogP contribution < -0.4 is 0 Å². The van der Waals surface area contributed by atoms with Crippen LogP contribution in [-0.2, 0) is 0 Å². The molecule has 22 heavy (non-hydrogen) atoms. The van der Waals surface area contributed by atoms with Crippen LogP contribution >= 0.6 is 0 Å². The summed E-state index contributed by atoms with van der Waals surface area (Å²) in [4.78, 5) is 6.89. The maximum atomic E-state index is 7.17. The Kier molecular flexibility index (Phi) is 3.60. The molecule has 0 heterocycles. The number of rotatable bonds is 2. The molecule has 2 aromatic carbocycles. The van der Waals surface area contributed by atoms with Crippen molar-refractivity contribution in [2.45, 2.75) is 12.1 Å². The number of hydrogen-bond donors (Lipinski definition) is 0. The van der Waals surface area contributed by atoms with E-state index in [4.69, 9.17) is 13.1 Å². The van der Waals surface area contributed by atoms with Crippen LogP contribution in [0.2, 0.25) is 0 Å². The van der Waals surface area contributed by atoms with Crippen molar-refractivity contribution in [3.05, 3.63) is 101 Å². The summed E-state index contributed by atoms with van der Waals surface area (Å²) in [6.45, 7) is 14.3. The standard InChI is InChI=1S/C20H14N2/c1-21-20(22-2)14-12-19(13-15-20)18-10-8-17(9-11-18)16-6-4-3-5-7-16/h3-14H,15H2. The van der Waals surface area contributed by atoms with Gasteiger partial charge in [-0.2, -0.15) is 0 Å². The predicted molar refractivity (Wildman–Crippen MR) is 89.5 cm³/mol. The zero-order chi connectivity index (χ0) is 15.4. The van der Waals surface area contributed by atoms with Crippen LogP contribution in [0.25, 0.3) is 26.4 Å². The highest BCUT2D eigenvalue weighted by atomic mass is 15.0. The maximum Gasteiger partial charge on any atom is 0.506 e. The third kappa shape index (κ3) is 2.55. The molecule has 2 aromatic rings. The predicted octanol–water partition coefficient (Wildman–Crippen LogP) is 5.23. The molecule has 0 aromatic heterocycles. The molecule has 0 spiro atoms. The highest BCUT2D eigenvalue weighted by molar-refractivity contribution is 5.77. The van der Waals surface area contributed by atoms with E-state index in [2.05, 4.69) is 46.1 Å². The molecule has 2 nitrogen and oxygen atoms in total. The summed E-state index contributed by atoms with van der Waals surface area (Å²) in [7, 11) is 0. The lowest BCUT2D eigenvalue weighted by Gasteiger charge is -2.11. The van der Waals surface area contributed by atoms with Crippen LogP contribution in [0, 0.1) is 13.1 Å². The SMILES string of the molecule is [C-]#[N+]C1([N+]#[C-])C=CC(c2ccc(-c3ccccc3)cc2)=CC1. The fourth-order valence-corrected chi connectivity index (χ4v) is 2.51. The zero-order valence-electron chi connectivity index (χ0n) is 12.0. The highest BCUT2D eigenvalue weighted by Crippen LogP contribution is 2.31. The van der Waals surface area contributed by atoms with Gasteiger partial charge >= 0.3 is 5.66 Å². The normalized spacial score (nSPS) is 15.5. The smallest absolute Gasteiger partial charge is 0.226 e. The molecule has 0 aliphatic heterocycles. The van der Waals surface area contributed by atoms with Crippen LogP contribution in [0.4, 0.5) is 0 Å². The summed E-state index contributed by atoms with van der Waals surface area (Å²) in [6, 6.07) is 18.6. The van der Waals surface area contributed by atoms with Gasteiger partial charge in [0.15, 0.2) is 0 Å². The molecular formula is C20H14N2. The second-order valence-corrected chi connectivity index (χ2v) is 5.24. The fraction of sp³-hybridized carbons (Fsp3) is 0.100. The van der Waals surface area contributed by atoms with E-state index in [-0.39, 0.29) is 0 Å². The first-order valence-electron chi connectivity index (χ1n) is 7.09. The Morgan fingerprint density at radius 3 is 1.91 bits per heavy atom. The van der Waals surface area contributed by atoms with Crippen LogP contribution in [0.3, 0.4) is 0 Å². The van der Waals surface area contributed by atoms with Crippen molar-refractivity contribution < 1.29 is 0 Å². The van der Waals surface area contributed by atoms with Gasteiger partial charge < -0.3 is 0 Å². The average molecular weight is 282 g/mol. The topological polar surface area (TPSA) is 8.72 Å². The molecular weight excluding hydrogens is 268 g/mol. The van der Waals surface area contributed by atoms with E-state index in [0.29, 0.717) is 6.42 Å². The van der Waals surface area contributed by atoms with Gasteiger partial charge in [0.25, 0.3) is 0 Å². The highest BCUT2D eigenvalue weighted by Gasteiger charge is 2.40. The third-order valence-electron chi connectivity index (χ3n) is 3.86. The lowest BCUT2D eigenvalue weighted by molar-refractivity contribution is 0.767. The van der Waals surface area contributed by atoms with Gasteiger partial charge in [0.1, 0.15) is 6.42 Å². The molecule has 0 radical (unpaired) electrons. The lowest BCUT2D eigenvalue weighted by atomic mass is 9.93. The number of nitrogens with zero attached hydrogens (tertiary/aromatic N) is 2. The van der Waals surface area contributed by atoms with Gasteiger partial charge in [-0.15, -0.1) is 0 Å². The monoisotopic (exact) mass is 282 g/mol. The summed E-state index contributed by atoms with van der Waals surface area (Å²) in [5, 5.41) is 0. The van der Waals surface area contributed by atoms with Gasteiger partial charge in [-0.3, -0.25) is 0 Å². The van der Waals surface area contributed by atoms with Gasteiger partial charge in [0.05, 0.1) is 6.08 Å². The van der Waals surface area contributed by atoms with Crippen molar-refractivity contribution in [3.63, 3.8) is 0 Å². The third-order valence-corrected chi connectivity index (χ3v) is 3.86. The molecule has 0 amide bonds. The Balaban J connectivity index is 1.84. The van der Waals surface area contributed by atoms with Crippen molar-refractivity contribution in [2.75, 3.05) is 0 Å². The summed E-state index contributed by atoms with van der Waals surface area (Å²) in [5.74, 6) is 0. The molecule has 0 bridgehead atoms. The van der Waals surface area contributed by atoms with Crippen molar-refractivity contribution in [2.24, 2.45) is 0 Å². The average Bonchev–Trinajstić information content (AvgIpc) is 2.63. The van der Waals surface area contributed by atoms with E-state index in [9.17, 15) is 0 Å². The Labute approximate surface area is 130 Å². The Bertz CT molecular complexity index is 799. The second-order valence-electron chi connectivity index (χ2n) is 5.24. The minimum Gasteiger partial charge on any atom is -0.226 e. The number of benzene rings is 2. The molecule has 104 valence electrons. The van der Waals surface area contributed by atoms with Gasteiger partial charge in [-0.25, -0.2) is 22.8 Å². The molecule has 0 saturated carbocycles. The van der Waals surface area contributed by atoms with Crippen molar-refractivity contribution in [1.82, 2.24) is 0 Å². The van der Waals surface area contributed by atoms with E-state index in [1.54, 1.807) is 6.08 Å². The van der Waals surface area contributed by atoms with E-state index in [1.165, 1.54) is 11.1 Å². The molecule has 3 rings (SSSR count). The largest absolute Gasteiger partial charge is 0.506 e. The first-order valence-corrected chi connectivity index (χ1v) is 7.09. The number of allylic oxidation sites excluding steroid dienone is 2. The van der Waals surface area contributed by atoms with Gasteiger partial charge in [0, 0.05) is 0 Å². The minimum atomic E-state index is -1.03. The van der Waals surface area contributed by atoms with Gasteiger partial charge in [-0.05, 0) is 28.3 Å². The Morgan fingerprint density at radius 1 is 0.773 bits per heavy atom. The van der Waals surface area contributed by atoms with E-state index < -0.39 is 5.66 Å². The second kappa shape index (κ2) is 5.72. The lowest BCUT2D eigenvalue weighted by Crippen LogP contribution is -2.17. The maximum absolute atomic E-state index is 7.17. The Morgan fingerprint density at radius 2 is 1.36 bits per heavy atom. The molecule has 1 aliphatic carbocycles. The molecule has 0 unspecified atom stereocenters. The van der Waals surface area contributed by atoms with Crippen LogP contribution in [-0.4, -0.2) is 5.66 Å². The van der Waals surface area contributed by atoms with Crippen molar-refractivity contribution >= 4 is 5.57 Å². The van der Waals surface area contributed by atoms with Crippen molar-refractivity contribution in [3.8, 4) is 11.1 Å². The molecule has 0 N–H and O–H groups in total. The van der Waals surface area contributed by atoms with Crippen LogP contribution in [0.5, 0.6) is 0 Å². The van der Waals surface area contributed by atoms with E-state index in [0.717, 1.165) is 11.1 Å². The fourth-order valence-electron chi connectivity index (χ4n) is 2.51. The van der Waals surface area contributed by atoms with Crippen LogP contribution in [0.15, 0.2) is 72.8 Å². The first kappa shape index (κ1) is 13.9. The molecule has 0 fully saturated rings. The first-order chi connectivity index (χ1) is 10.8. The summed E-state index contributed by atoms with van der Waals surface area (Å²) < 4.78 is 0. The van der Waals surface area contributed by atoms with Crippen LogP contribution in [0.1, 0.15) is 12.0 Å². The Hall–Kier alpha value is -3.10. The van der Waals surface area contributed by atoms with E-state index >= 15 is 0 Å². The van der Waals surface area contributed by atoms with Crippen molar-refractivity contribution in [1.29, 1.82) is 0 Å². The summed E-state index contributed by atoms with van der Waals surface area (Å²) in [5.41, 5.74) is 3.53. The molecule has 0 atom stereocenters. The van der Waals surface area contributed by atoms with Gasteiger partial charge in [0.2, 0.25) is 0 Å². The number of hydrogen-bond acceptors (Lipinski definition) is 0. The summed E-state index contributed by atoms with van der Waals surface area (Å²) >= 11 is 0. The molecule has 0 saturated heterocycles. The molecule has 2 heteroatoms. The molecule has 1 aliphatic rings. The zero-order valence-corrected chi connectivity index (χ0v) is 12.0. The minimum absolute atomic E-state index is 0.451. The van der Waals surface area contributed by atoms with E-state index in [1.807, 2.05) is 30.4 Å². The van der Waals surface area contributed by atoms with Gasteiger partial charge in [-0.1, -0.05) is 60.7 Å².